The molecule has 27 heavy (non-hydrogen) atoms. The van der Waals surface area contributed by atoms with Crippen LogP contribution in [0.5, 0.6) is 11.5 Å². The first-order valence-corrected chi connectivity index (χ1v) is 8.30. The van der Waals surface area contributed by atoms with Gasteiger partial charge < -0.3 is 15.2 Å². The number of amides is 1. The van der Waals surface area contributed by atoms with Crippen LogP contribution in [0, 0.1) is 5.82 Å². The van der Waals surface area contributed by atoms with Crippen molar-refractivity contribution >= 4 is 5.91 Å². The van der Waals surface area contributed by atoms with Crippen molar-refractivity contribution in [2.75, 3.05) is 6.54 Å². The third-order valence-corrected chi connectivity index (χ3v) is 4.35. The number of ether oxygens (including phenoxy) is 1. The molecule has 0 saturated heterocycles. The molecule has 0 spiro atoms. The van der Waals surface area contributed by atoms with Crippen LogP contribution >= 0.6 is 0 Å². The molecule has 4 nitrogen and oxygen atoms in total. The Morgan fingerprint density at radius 2 is 2.04 bits per heavy atom. The Bertz CT molecular complexity index is 880. The zero-order chi connectivity index (χ0) is 19.8. The fraction of sp³-hybridized carbons (Fsp3) is 0.316. The molecule has 0 aliphatic carbocycles. The zero-order valence-electron chi connectivity index (χ0n) is 14.4. The van der Waals surface area contributed by atoms with E-state index < -0.39 is 29.4 Å². The highest BCUT2D eigenvalue weighted by atomic mass is 19.4. The summed E-state index contributed by atoms with van der Waals surface area (Å²) in [5.74, 6) is -1.75. The van der Waals surface area contributed by atoms with E-state index in [2.05, 4.69) is 5.32 Å². The molecule has 0 bridgehead atoms. The molecule has 8 heteroatoms. The number of phenols is 1. The van der Waals surface area contributed by atoms with Gasteiger partial charge in [0.1, 0.15) is 29.0 Å². The Balaban J connectivity index is 2.10. The number of hydrogen-bond donors (Lipinski definition) is 2. The van der Waals surface area contributed by atoms with Crippen LogP contribution in [0.25, 0.3) is 11.1 Å². The maximum absolute atomic E-state index is 14.1. The van der Waals surface area contributed by atoms with E-state index in [4.69, 9.17) is 4.74 Å². The van der Waals surface area contributed by atoms with Gasteiger partial charge in [-0.05, 0) is 36.6 Å². The predicted octanol–water partition coefficient (Wildman–Crippen LogP) is 4.05. The van der Waals surface area contributed by atoms with Crippen LogP contribution in [0.3, 0.4) is 0 Å². The minimum Gasteiger partial charge on any atom is -0.507 e. The van der Waals surface area contributed by atoms with E-state index in [1.807, 2.05) is 0 Å². The molecule has 1 aliphatic rings. The molecule has 2 N–H and O–H groups in total. The third-order valence-electron chi connectivity index (χ3n) is 4.35. The Hall–Kier alpha value is -2.77. The van der Waals surface area contributed by atoms with Crippen LogP contribution in [0.4, 0.5) is 17.6 Å². The van der Waals surface area contributed by atoms with Gasteiger partial charge in [-0.15, -0.1) is 0 Å². The average Bonchev–Trinajstić information content (AvgIpc) is 2.57. The fourth-order valence-corrected chi connectivity index (χ4v) is 3.18. The average molecular weight is 383 g/mol. The second-order valence-corrected chi connectivity index (χ2v) is 6.35. The number of aryl methyl sites for hydroxylation is 1. The predicted molar refractivity (Wildman–Crippen MR) is 89.9 cm³/mol. The molecule has 1 aliphatic heterocycles. The van der Waals surface area contributed by atoms with Gasteiger partial charge in [0.05, 0.1) is 6.54 Å². The Morgan fingerprint density at radius 1 is 1.30 bits per heavy atom. The topological polar surface area (TPSA) is 58.6 Å². The number of rotatable bonds is 3. The Kier molecular flexibility index (Phi) is 4.99. The highest BCUT2D eigenvalue weighted by Crippen LogP contribution is 2.46. The van der Waals surface area contributed by atoms with Crippen LogP contribution < -0.4 is 10.1 Å². The minimum absolute atomic E-state index is 0.0826. The molecule has 1 unspecified atom stereocenters. The third kappa shape index (κ3) is 3.99. The number of alkyl halides is 3. The normalized spacial score (nSPS) is 16.4. The van der Waals surface area contributed by atoms with E-state index in [1.54, 1.807) is 0 Å². The lowest BCUT2D eigenvalue weighted by Gasteiger charge is -2.29. The summed E-state index contributed by atoms with van der Waals surface area (Å²) in [6.45, 7) is 1.54. The quantitative estimate of drug-likeness (QED) is 0.787. The molecule has 0 aromatic heterocycles. The first kappa shape index (κ1) is 19.0. The number of aromatic hydroxyl groups is 1. The molecule has 3 rings (SSSR count). The maximum Gasteiger partial charge on any atom is 0.420 e. The van der Waals surface area contributed by atoms with Gasteiger partial charge in [0, 0.05) is 18.1 Å². The van der Waals surface area contributed by atoms with Crippen LogP contribution in [0.2, 0.25) is 0 Å². The fourth-order valence-electron chi connectivity index (χ4n) is 3.18. The summed E-state index contributed by atoms with van der Waals surface area (Å²) < 4.78 is 60.3. The van der Waals surface area contributed by atoms with Crippen molar-refractivity contribution < 1.29 is 32.2 Å². The molecule has 0 saturated carbocycles. The summed E-state index contributed by atoms with van der Waals surface area (Å²) in [6.07, 6.45) is -4.39. The molecule has 1 atom stereocenters. The maximum atomic E-state index is 14.1. The second-order valence-electron chi connectivity index (χ2n) is 6.35. The molecule has 0 radical (unpaired) electrons. The van der Waals surface area contributed by atoms with Crippen molar-refractivity contribution in [1.82, 2.24) is 5.32 Å². The molecule has 2 aromatic carbocycles. The number of carbonyl (C=O) groups excluding carboxylic acids is 1. The van der Waals surface area contributed by atoms with Gasteiger partial charge in [-0.25, -0.2) is 4.39 Å². The van der Waals surface area contributed by atoms with Crippen molar-refractivity contribution in [2.45, 2.75) is 32.0 Å². The Labute approximate surface area is 152 Å². The van der Waals surface area contributed by atoms with Crippen LogP contribution in [-0.4, -0.2) is 23.7 Å². The molecular weight excluding hydrogens is 366 g/mol. The highest BCUT2D eigenvalue weighted by Gasteiger charge is 2.38. The zero-order valence-corrected chi connectivity index (χ0v) is 14.4. The lowest BCUT2D eigenvalue weighted by Crippen LogP contribution is -2.36. The van der Waals surface area contributed by atoms with Gasteiger partial charge in [-0.3, -0.25) is 4.79 Å². The van der Waals surface area contributed by atoms with Crippen molar-refractivity contribution in [3.8, 4) is 22.6 Å². The van der Waals surface area contributed by atoms with E-state index in [0.29, 0.717) is 18.4 Å². The van der Waals surface area contributed by atoms with E-state index in [-0.39, 0.29) is 29.3 Å². The van der Waals surface area contributed by atoms with Crippen molar-refractivity contribution in [2.24, 2.45) is 0 Å². The van der Waals surface area contributed by atoms with Gasteiger partial charge in [-0.2, -0.15) is 13.2 Å². The summed E-state index contributed by atoms with van der Waals surface area (Å²) in [7, 11) is 0. The lowest BCUT2D eigenvalue weighted by atomic mass is 9.92. The smallest absolute Gasteiger partial charge is 0.420 e. The van der Waals surface area contributed by atoms with E-state index in [9.17, 15) is 27.5 Å². The minimum atomic E-state index is -4.83. The summed E-state index contributed by atoms with van der Waals surface area (Å²) in [6, 6.07) is 5.54. The number of fused-ring (bicyclic) bond motifs is 1. The largest absolute Gasteiger partial charge is 0.507 e. The first-order chi connectivity index (χ1) is 12.7. The van der Waals surface area contributed by atoms with E-state index in [1.165, 1.54) is 25.1 Å². The lowest BCUT2D eigenvalue weighted by molar-refractivity contribution is -0.138. The van der Waals surface area contributed by atoms with Gasteiger partial charge in [0.25, 0.3) is 0 Å². The van der Waals surface area contributed by atoms with E-state index in [0.717, 1.165) is 12.1 Å². The highest BCUT2D eigenvalue weighted by molar-refractivity contribution is 5.77. The number of halogens is 4. The van der Waals surface area contributed by atoms with Crippen molar-refractivity contribution in [1.29, 1.82) is 0 Å². The summed E-state index contributed by atoms with van der Waals surface area (Å²) in [5, 5.41) is 12.4. The van der Waals surface area contributed by atoms with Crippen LogP contribution in [0.1, 0.15) is 24.5 Å². The van der Waals surface area contributed by atoms with Crippen LogP contribution in [-0.2, 0) is 17.4 Å². The van der Waals surface area contributed by atoms with Gasteiger partial charge in [-0.1, -0.05) is 12.1 Å². The number of phenolic OH excluding ortho intramolecular Hbond substituents is 1. The molecule has 144 valence electrons. The monoisotopic (exact) mass is 383 g/mol. The molecule has 1 heterocycles. The first-order valence-electron chi connectivity index (χ1n) is 8.30. The summed E-state index contributed by atoms with van der Waals surface area (Å²) in [4.78, 5) is 11.1. The Morgan fingerprint density at radius 3 is 2.70 bits per heavy atom. The van der Waals surface area contributed by atoms with E-state index >= 15 is 0 Å². The van der Waals surface area contributed by atoms with Gasteiger partial charge in [0.15, 0.2) is 0 Å². The van der Waals surface area contributed by atoms with Gasteiger partial charge >= 0.3 is 6.18 Å². The number of nitrogens with one attached hydrogen (secondary N) is 1. The number of carbonyl (C=O) groups is 1. The molecular formula is C19H17F4NO3. The summed E-state index contributed by atoms with van der Waals surface area (Å²) >= 11 is 0. The van der Waals surface area contributed by atoms with Crippen molar-refractivity contribution in [3.05, 3.63) is 47.3 Å². The van der Waals surface area contributed by atoms with Crippen molar-refractivity contribution in [3.63, 3.8) is 0 Å². The molecule has 2 aromatic rings. The number of benzene rings is 2. The van der Waals surface area contributed by atoms with Gasteiger partial charge in [0.2, 0.25) is 5.91 Å². The SMILES string of the molecule is CC(=O)NCC1CCc2cc(F)cc(-c3cccc(O)c3C(F)(F)F)c2O1. The molecule has 0 fully saturated rings. The second kappa shape index (κ2) is 7.09. The number of hydrogen-bond acceptors (Lipinski definition) is 3. The molecule has 1 amide bonds. The summed E-state index contributed by atoms with van der Waals surface area (Å²) in [5.41, 5.74) is -1.25. The standard InChI is InChI=1S/C19H17F4NO3/c1-10(25)24-9-13-6-5-11-7-12(20)8-15(18(11)27-13)14-3-2-4-16(26)17(14)19(21,22)23/h2-4,7-8,13,26H,5-6,9H2,1H3,(H,24,25). The van der Waals surface area contributed by atoms with Crippen LogP contribution in [0.15, 0.2) is 30.3 Å².